The fourth-order valence-electron chi connectivity index (χ4n) is 2.93. The summed E-state index contributed by atoms with van der Waals surface area (Å²) < 4.78 is 5.09. The quantitative estimate of drug-likeness (QED) is 0.297. The third-order valence-corrected chi connectivity index (χ3v) is 6.26. The molecular weight excluding hydrogens is 428 g/mol. The minimum Gasteiger partial charge on any atom is -0.455 e. The SMILES string of the molecule is Cc1ccc(-c2csc(NC(=O)COC(=O)CSc3ccc4ccccc4c3)n2)cc1. The highest BCUT2D eigenvalue weighted by Crippen LogP contribution is 2.25. The Morgan fingerprint density at radius 2 is 1.81 bits per heavy atom. The van der Waals surface area contributed by atoms with Crippen LogP contribution in [0.3, 0.4) is 0 Å². The molecule has 0 aliphatic rings. The van der Waals surface area contributed by atoms with Crippen LogP contribution < -0.4 is 5.32 Å². The molecule has 4 aromatic rings. The van der Waals surface area contributed by atoms with Crippen LogP contribution in [0.5, 0.6) is 0 Å². The number of hydrogen-bond acceptors (Lipinski definition) is 6. The van der Waals surface area contributed by atoms with Crippen molar-refractivity contribution in [3.05, 3.63) is 77.7 Å². The van der Waals surface area contributed by atoms with Gasteiger partial charge in [0.15, 0.2) is 11.7 Å². The molecule has 0 aliphatic carbocycles. The molecule has 3 aromatic carbocycles. The number of rotatable bonds is 7. The number of benzene rings is 3. The normalized spacial score (nSPS) is 10.7. The number of amides is 1. The number of thioether (sulfide) groups is 1. The number of hydrogen-bond donors (Lipinski definition) is 1. The third kappa shape index (κ3) is 5.71. The summed E-state index contributed by atoms with van der Waals surface area (Å²) in [6.07, 6.45) is 0. The summed E-state index contributed by atoms with van der Waals surface area (Å²) in [4.78, 5) is 29.5. The Labute approximate surface area is 188 Å². The second-order valence-corrected chi connectivity index (χ2v) is 8.82. The zero-order chi connectivity index (χ0) is 21.6. The molecule has 0 atom stereocenters. The Kier molecular flexibility index (Phi) is 6.64. The van der Waals surface area contributed by atoms with Gasteiger partial charge in [-0.3, -0.25) is 14.9 Å². The number of nitrogens with zero attached hydrogens (tertiary/aromatic N) is 1. The number of thiazole rings is 1. The molecule has 7 heteroatoms. The Bertz CT molecular complexity index is 1220. The summed E-state index contributed by atoms with van der Waals surface area (Å²) >= 11 is 2.72. The van der Waals surface area contributed by atoms with Crippen molar-refractivity contribution in [1.29, 1.82) is 0 Å². The summed E-state index contributed by atoms with van der Waals surface area (Å²) in [6, 6.07) is 22.1. The number of esters is 1. The van der Waals surface area contributed by atoms with Crippen molar-refractivity contribution < 1.29 is 14.3 Å². The molecule has 156 valence electrons. The highest BCUT2D eigenvalue weighted by molar-refractivity contribution is 8.00. The van der Waals surface area contributed by atoms with Crippen molar-refractivity contribution in [2.45, 2.75) is 11.8 Å². The van der Waals surface area contributed by atoms with Gasteiger partial charge in [0, 0.05) is 15.8 Å². The van der Waals surface area contributed by atoms with E-state index in [0.717, 1.165) is 26.9 Å². The molecule has 1 amide bonds. The van der Waals surface area contributed by atoms with Crippen molar-refractivity contribution >= 4 is 50.9 Å². The van der Waals surface area contributed by atoms with Crippen LogP contribution in [0, 0.1) is 6.92 Å². The van der Waals surface area contributed by atoms with E-state index in [9.17, 15) is 9.59 Å². The van der Waals surface area contributed by atoms with E-state index in [-0.39, 0.29) is 12.4 Å². The van der Waals surface area contributed by atoms with Gasteiger partial charge in [0.25, 0.3) is 5.91 Å². The zero-order valence-electron chi connectivity index (χ0n) is 16.8. The molecule has 0 saturated heterocycles. The van der Waals surface area contributed by atoms with Gasteiger partial charge in [-0.15, -0.1) is 23.1 Å². The van der Waals surface area contributed by atoms with Crippen molar-refractivity contribution in [1.82, 2.24) is 4.98 Å². The van der Waals surface area contributed by atoms with Crippen LogP contribution in [-0.2, 0) is 14.3 Å². The minimum atomic E-state index is -0.437. The smallest absolute Gasteiger partial charge is 0.316 e. The lowest BCUT2D eigenvalue weighted by molar-refractivity contribution is -0.144. The number of fused-ring (bicyclic) bond motifs is 1. The predicted molar refractivity (Wildman–Crippen MR) is 127 cm³/mol. The highest BCUT2D eigenvalue weighted by atomic mass is 32.2. The number of carbonyl (C=O) groups excluding carboxylic acids is 2. The molecule has 5 nitrogen and oxygen atoms in total. The maximum atomic E-state index is 12.1. The number of ether oxygens (including phenoxy) is 1. The lowest BCUT2D eigenvalue weighted by atomic mass is 10.1. The molecule has 0 aliphatic heterocycles. The van der Waals surface area contributed by atoms with E-state index in [1.165, 1.54) is 28.7 Å². The van der Waals surface area contributed by atoms with Crippen molar-refractivity contribution in [3.63, 3.8) is 0 Å². The fraction of sp³-hybridized carbons (Fsp3) is 0.125. The monoisotopic (exact) mass is 448 g/mol. The molecule has 1 heterocycles. The highest BCUT2D eigenvalue weighted by Gasteiger charge is 2.11. The maximum Gasteiger partial charge on any atom is 0.316 e. The van der Waals surface area contributed by atoms with Gasteiger partial charge in [-0.1, -0.05) is 60.2 Å². The van der Waals surface area contributed by atoms with E-state index in [1.807, 2.05) is 79.0 Å². The van der Waals surface area contributed by atoms with Crippen LogP contribution in [0.4, 0.5) is 5.13 Å². The van der Waals surface area contributed by atoms with Crippen LogP contribution in [0.25, 0.3) is 22.0 Å². The average Bonchev–Trinajstić information content (AvgIpc) is 3.25. The third-order valence-electron chi connectivity index (χ3n) is 4.54. The van der Waals surface area contributed by atoms with Crippen LogP contribution >= 0.6 is 23.1 Å². The summed E-state index contributed by atoms with van der Waals surface area (Å²) in [6.45, 7) is 1.69. The van der Waals surface area contributed by atoms with E-state index in [0.29, 0.717) is 5.13 Å². The molecule has 0 bridgehead atoms. The Balaban J connectivity index is 1.24. The maximum absolute atomic E-state index is 12.1. The molecule has 0 fully saturated rings. The number of carbonyl (C=O) groups is 2. The average molecular weight is 449 g/mol. The van der Waals surface area contributed by atoms with E-state index < -0.39 is 11.9 Å². The van der Waals surface area contributed by atoms with Gasteiger partial charge in [-0.05, 0) is 29.8 Å². The molecule has 0 saturated carbocycles. The van der Waals surface area contributed by atoms with Gasteiger partial charge >= 0.3 is 5.97 Å². The second-order valence-electron chi connectivity index (χ2n) is 6.91. The topological polar surface area (TPSA) is 68.3 Å². The van der Waals surface area contributed by atoms with E-state index in [1.54, 1.807) is 0 Å². The Hall–Kier alpha value is -3.16. The van der Waals surface area contributed by atoms with E-state index in [2.05, 4.69) is 10.3 Å². The largest absolute Gasteiger partial charge is 0.455 e. The van der Waals surface area contributed by atoms with Gasteiger partial charge in [0.2, 0.25) is 0 Å². The van der Waals surface area contributed by atoms with Gasteiger partial charge in [0.05, 0.1) is 11.4 Å². The first-order valence-electron chi connectivity index (χ1n) is 9.66. The molecule has 0 unspecified atom stereocenters. The van der Waals surface area contributed by atoms with Crippen LogP contribution in [-0.4, -0.2) is 29.2 Å². The number of aryl methyl sites for hydroxylation is 1. The molecule has 1 aromatic heterocycles. The minimum absolute atomic E-state index is 0.139. The molecular formula is C24H20N2O3S2. The standard InChI is InChI=1S/C24H20N2O3S2/c1-16-6-8-18(9-7-16)21-14-31-24(25-21)26-22(27)13-29-23(28)15-30-20-11-10-17-4-2-3-5-19(17)12-20/h2-12,14H,13,15H2,1H3,(H,25,26,27). The van der Waals surface area contributed by atoms with Crippen molar-refractivity contribution in [2.24, 2.45) is 0 Å². The second kappa shape index (κ2) is 9.76. The summed E-state index contributed by atoms with van der Waals surface area (Å²) in [7, 11) is 0. The summed E-state index contributed by atoms with van der Waals surface area (Å²) in [5.74, 6) is -0.706. The summed E-state index contributed by atoms with van der Waals surface area (Å²) in [5.41, 5.74) is 2.96. The number of anilines is 1. The van der Waals surface area contributed by atoms with Crippen LogP contribution in [0.2, 0.25) is 0 Å². The zero-order valence-corrected chi connectivity index (χ0v) is 18.5. The first kappa shape index (κ1) is 21.1. The van der Waals surface area contributed by atoms with Crippen LogP contribution in [0.1, 0.15) is 5.56 Å². The van der Waals surface area contributed by atoms with E-state index >= 15 is 0 Å². The molecule has 0 spiro atoms. The first-order valence-corrected chi connectivity index (χ1v) is 11.5. The van der Waals surface area contributed by atoms with E-state index in [4.69, 9.17) is 4.74 Å². The number of aromatic nitrogens is 1. The molecule has 1 N–H and O–H groups in total. The molecule has 0 radical (unpaired) electrons. The molecule has 31 heavy (non-hydrogen) atoms. The Morgan fingerprint density at radius 3 is 2.61 bits per heavy atom. The van der Waals surface area contributed by atoms with Crippen molar-refractivity contribution in [2.75, 3.05) is 17.7 Å². The van der Waals surface area contributed by atoms with Gasteiger partial charge in [-0.25, -0.2) is 4.98 Å². The molecule has 4 rings (SSSR count). The Morgan fingerprint density at radius 1 is 1.03 bits per heavy atom. The fourth-order valence-corrected chi connectivity index (χ4v) is 4.41. The van der Waals surface area contributed by atoms with Gasteiger partial charge < -0.3 is 4.74 Å². The lowest BCUT2D eigenvalue weighted by Gasteiger charge is -2.06. The van der Waals surface area contributed by atoms with Crippen molar-refractivity contribution in [3.8, 4) is 11.3 Å². The van der Waals surface area contributed by atoms with Crippen LogP contribution in [0.15, 0.2) is 77.0 Å². The van der Waals surface area contributed by atoms with Gasteiger partial charge in [-0.2, -0.15) is 0 Å². The van der Waals surface area contributed by atoms with Gasteiger partial charge in [0.1, 0.15) is 0 Å². The lowest BCUT2D eigenvalue weighted by Crippen LogP contribution is -2.21. The predicted octanol–water partition coefficient (Wildman–Crippen LogP) is 5.55. The number of nitrogens with one attached hydrogen (secondary N) is 1. The summed E-state index contributed by atoms with van der Waals surface area (Å²) in [5, 5.41) is 7.30. The first-order chi connectivity index (χ1) is 15.1.